The van der Waals surface area contributed by atoms with Crippen molar-refractivity contribution in [2.75, 3.05) is 20.8 Å². The van der Waals surface area contributed by atoms with Crippen LogP contribution in [0.15, 0.2) is 36.4 Å². The van der Waals surface area contributed by atoms with Crippen molar-refractivity contribution in [2.24, 2.45) is 0 Å². The van der Waals surface area contributed by atoms with Gasteiger partial charge in [0.15, 0.2) is 11.5 Å². The van der Waals surface area contributed by atoms with E-state index in [0.717, 1.165) is 27.7 Å². The minimum atomic E-state index is -0.711. The number of nitrogens with zero attached hydrogens (tertiary/aromatic N) is 1. The number of aromatic amines is 1. The number of aromatic nitrogens is 1. The van der Waals surface area contributed by atoms with Gasteiger partial charge in [-0.05, 0) is 30.2 Å². The molecule has 7 heteroatoms. The molecule has 3 aromatic rings. The molecule has 154 valence electrons. The lowest BCUT2D eigenvalue weighted by molar-refractivity contribution is -0.149. The summed E-state index contributed by atoms with van der Waals surface area (Å²) in [5.74, 6) is 0.210. The molecule has 0 spiro atoms. The number of hydrogen-bond acceptors (Lipinski definition) is 5. The van der Waals surface area contributed by atoms with Crippen molar-refractivity contribution in [1.82, 2.24) is 9.88 Å². The van der Waals surface area contributed by atoms with Gasteiger partial charge in [-0.1, -0.05) is 24.3 Å². The average molecular weight is 406 g/mol. The number of carbonyl (C=O) groups is 2. The highest BCUT2D eigenvalue weighted by atomic mass is 16.5. The third kappa shape index (κ3) is 2.38. The van der Waals surface area contributed by atoms with E-state index in [0.29, 0.717) is 23.5 Å². The summed E-state index contributed by atoms with van der Waals surface area (Å²) in [5.41, 5.74) is 4.17. The summed E-state index contributed by atoms with van der Waals surface area (Å²) in [6, 6.07) is 10.5. The third-order valence-corrected chi connectivity index (χ3v) is 6.01. The van der Waals surface area contributed by atoms with Crippen LogP contribution in [0.3, 0.4) is 0 Å². The van der Waals surface area contributed by atoms with Crippen molar-refractivity contribution in [3.63, 3.8) is 0 Å². The van der Waals surface area contributed by atoms with Gasteiger partial charge in [0, 0.05) is 23.0 Å². The van der Waals surface area contributed by atoms with Crippen molar-refractivity contribution < 1.29 is 23.8 Å². The largest absolute Gasteiger partial charge is 0.493 e. The van der Waals surface area contributed by atoms with Crippen LogP contribution in [-0.2, 0) is 16.0 Å². The molecule has 2 aliphatic heterocycles. The number of hydrogen-bond donors (Lipinski definition) is 1. The molecule has 7 nitrogen and oxygen atoms in total. The maximum absolute atomic E-state index is 13.6. The van der Waals surface area contributed by atoms with Crippen LogP contribution in [0.25, 0.3) is 10.9 Å². The molecule has 0 radical (unpaired) electrons. The van der Waals surface area contributed by atoms with Crippen molar-refractivity contribution in [3.8, 4) is 11.5 Å². The highest BCUT2D eigenvalue weighted by Crippen LogP contribution is 2.50. The zero-order valence-corrected chi connectivity index (χ0v) is 17.0. The number of benzene rings is 2. The first-order chi connectivity index (χ1) is 14.6. The van der Waals surface area contributed by atoms with Gasteiger partial charge in [0.2, 0.25) is 0 Å². The molecule has 0 aliphatic carbocycles. The first kappa shape index (κ1) is 18.5. The summed E-state index contributed by atoms with van der Waals surface area (Å²) in [6.07, 6.45) is 0.397. The van der Waals surface area contributed by atoms with Gasteiger partial charge in [-0.3, -0.25) is 4.79 Å². The van der Waals surface area contributed by atoms with Gasteiger partial charge in [0.05, 0.1) is 32.4 Å². The molecular weight excluding hydrogens is 384 g/mol. The van der Waals surface area contributed by atoms with Crippen molar-refractivity contribution in [3.05, 3.63) is 58.8 Å². The molecule has 1 aromatic heterocycles. The fourth-order valence-electron chi connectivity index (χ4n) is 4.80. The monoisotopic (exact) mass is 406 g/mol. The van der Waals surface area contributed by atoms with Crippen LogP contribution in [-0.4, -0.2) is 48.6 Å². The van der Waals surface area contributed by atoms with Crippen LogP contribution in [0.1, 0.15) is 40.1 Å². The molecule has 5 rings (SSSR count). The number of amides is 1. The first-order valence-corrected chi connectivity index (χ1v) is 9.94. The summed E-state index contributed by atoms with van der Waals surface area (Å²) in [4.78, 5) is 31.6. The fraction of sp³-hybridized carbons (Fsp3) is 0.304. The van der Waals surface area contributed by atoms with Crippen LogP contribution >= 0.6 is 0 Å². The van der Waals surface area contributed by atoms with E-state index in [1.807, 2.05) is 30.3 Å². The van der Waals surface area contributed by atoms with Gasteiger partial charge >= 0.3 is 5.97 Å². The molecule has 1 N–H and O–H groups in total. The number of fused-ring (bicyclic) bond motifs is 7. The van der Waals surface area contributed by atoms with Gasteiger partial charge < -0.3 is 24.1 Å². The molecular formula is C23H22N2O5. The van der Waals surface area contributed by atoms with Crippen molar-refractivity contribution >= 4 is 22.8 Å². The average Bonchev–Trinajstić information content (AvgIpc) is 3.28. The Labute approximate surface area is 173 Å². The summed E-state index contributed by atoms with van der Waals surface area (Å²) >= 11 is 0. The molecule has 1 amide bonds. The van der Waals surface area contributed by atoms with E-state index >= 15 is 0 Å². The molecule has 2 aromatic carbocycles. The summed E-state index contributed by atoms with van der Waals surface area (Å²) < 4.78 is 16.3. The second kappa shape index (κ2) is 6.79. The normalized spacial score (nSPS) is 19.3. The second-order valence-electron chi connectivity index (χ2n) is 7.42. The van der Waals surface area contributed by atoms with Gasteiger partial charge in [0.1, 0.15) is 6.04 Å². The van der Waals surface area contributed by atoms with E-state index < -0.39 is 18.1 Å². The van der Waals surface area contributed by atoms with Crippen LogP contribution in [0, 0.1) is 0 Å². The number of ether oxygens (including phenoxy) is 3. The van der Waals surface area contributed by atoms with E-state index in [4.69, 9.17) is 14.2 Å². The van der Waals surface area contributed by atoms with E-state index in [-0.39, 0.29) is 12.5 Å². The lowest BCUT2D eigenvalue weighted by Crippen LogP contribution is -2.48. The maximum Gasteiger partial charge on any atom is 0.329 e. The zero-order chi connectivity index (χ0) is 21.0. The van der Waals surface area contributed by atoms with Crippen LogP contribution in [0.5, 0.6) is 11.5 Å². The van der Waals surface area contributed by atoms with Gasteiger partial charge in [-0.2, -0.15) is 0 Å². The number of esters is 1. The molecule has 0 fully saturated rings. The number of methoxy groups -OCH3 is 2. The Morgan fingerprint density at radius 2 is 1.97 bits per heavy atom. The summed E-state index contributed by atoms with van der Waals surface area (Å²) in [6.45, 7) is 2.02. The minimum Gasteiger partial charge on any atom is -0.493 e. The molecule has 2 atom stereocenters. The highest BCUT2D eigenvalue weighted by molar-refractivity contribution is 6.06. The maximum atomic E-state index is 13.6. The van der Waals surface area contributed by atoms with E-state index in [2.05, 4.69) is 4.98 Å². The van der Waals surface area contributed by atoms with Crippen LogP contribution < -0.4 is 9.47 Å². The molecule has 0 saturated carbocycles. The highest BCUT2D eigenvalue weighted by Gasteiger charge is 2.51. The standard InChI is InChI=1S/C23H22N2O5/c1-4-30-23(27)16-11-14-12-7-5-6-8-15(12)24-19(14)20-13-9-10-17(28-2)21(29-3)18(13)22(26)25(16)20/h5-10,16,20,24H,4,11H2,1-3H3. The van der Waals surface area contributed by atoms with Gasteiger partial charge in [-0.25, -0.2) is 4.79 Å². The lowest BCUT2D eigenvalue weighted by Gasteiger charge is -2.36. The Morgan fingerprint density at radius 3 is 2.70 bits per heavy atom. The molecule has 3 heterocycles. The Balaban J connectivity index is 1.78. The minimum absolute atomic E-state index is 0.256. The zero-order valence-electron chi connectivity index (χ0n) is 17.0. The predicted octanol–water partition coefficient (Wildman–Crippen LogP) is 3.22. The van der Waals surface area contributed by atoms with Crippen LogP contribution in [0.2, 0.25) is 0 Å². The van der Waals surface area contributed by atoms with Crippen molar-refractivity contribution in [1.29, 1.82) is 0 Å². The Hall–Kier alpha value is -3.48. The van der Waals surface area contributed by atoms with E-state index in [9.17, 15) is 9.59 Å². The number of para-hydroxylation sites is 1. The number of nitrogens with one attached hydrogen (secondary N) is 1. The predicted molar refractivity (Wildman–Crippen MR) is 110 cm³/mol. The molecule has 0 saturated heterocycles. The fourth-order valence-corrected chi connectivity index (χ4v) is 4.80. The van der Waals surface area contributed by atoms with Gasteiger partial charge in [0.25, 0.3) is 5.91 Å². The Bertz CT molecular complexity index is 1180. The molecule has 2 unspecified atom stereocenters. The molecule has 2 aliphatic rings. The SMILES string of the molecule is CCOC(=O)C1Cc2c([nH]c3ccccc23)C2c3ccc(OC)c(OC)c3C(=O)N12. The Morgan fingerprint density at radius 1 is 1.17 bits per heavy atom. The lowest BCUT2D eigenvalue weighted by atomic mass is 9.90. The molecule has 30 heavy (non-hydrogen) atoms. The third-order valence-electron chi connectivity index (χ3n) is 6.01. The number of H-pyrrole nitrogens is 1. The first-order valence-electron chi connectivity index (χ1n) is 9.94. The summed E-state index contributed by atoms with van der Waals surface area (Å²) in [5, 5.41) is 1.06. The summed E-state index contributed by atoms with van der Waals surface area (Å²) in [7, 11) is 3.05. The van der Waals surface area contributed by atoms with Crippen LogP contribution in [0.4, 0.5) is 0 Å². The smallest absolute Gasteiger partial charge is 0.329 e. The topological polar surface area (TPSA) is 80.9 Å². The number of carbonyl (C=O) groups excluding carboxylic acids is 2. The number of rotatable bonds is 4. The Kier molecular flexibility index (Phi) is 4.20. The van der Waals surface area contributed by atoms with Crippen molar-refractivity contribution in [2.45, 2.75) is 25.4 Å². The molecule has 0 bridgehead atoms. The van der Waals surface area contributed by atoms with E-state index in [1.165, 1.54) is 14.2 Å². The second-order valence-corrected chi connectivity index (χ2v) is 7.42. The van der Waals surface area contributed by atoms with E-state index in [1.54, 1.807) is 17.9 Å². The van der Waals surface area contributed by atoms with Gasteiger partial charge in [-0.15, -0.1) is 0 Å². The quantitative estimate of drug-likeness (QED) is 0.673.